The van der Waals surface area contributed by atoms with Crippen molar-refractivity contribution < 1.29 is 0 Å². The molecular formula is C7H4I3. The Morgan fingerprint density at radius 3 is 1.80 bits per heavy atom. The van der Waals surface area contributed by atoms with Gasteiger partial charge in [-0.2, -0.15) is 0 Å². The van der Waals surface area contributed by atoms with Gasteiger partial charge in [0.05, 0.1) is 0 Å². The summed E-state index contributed by atoms with van der Waals surface area (Å²) in [5.41, 5.74) is 1.09. The van der Waals surface area contributed by atoms with Gasteiger partial charge in [0, 0.05) is 10.7 Å². The van der Waals surface area contributed by atoms with Crippen molar-refractivity contribution in [2.75, 3.05) is 0 Å². The van der Waals surface area contributed by atoms with Crippen molar-refractivity contribution in [1.29, 1.82) is 0 Å². The zero-order valence-corrected chi connectivity index (χ0v) is 11.5. The molecule has 0 aliphatic heterocycles. The van der Waals surface area contributed by atoms with E-state index in [1.54, 1.807) is 0 Å². The molecule has 0 aromatic heterocycles. The standard InChI is InChI=1S/C7H4I3/c1-4-2-5(8)7(10)6(9)3-4/h2-3H,1H2. The summed E-state index contributed by atoms with van der Waals surface area (Å²) >= 11 is 6.99. The van der Waals surface area contributed by atoms with Gasteiger partial charge in [-0.05, 0) is 92.4 Å². The monoisotopic (exact) mass is 469 g/mol. The molecule has 3 heteroatoms. The molecule has 0 saturated heterocycles. The Labute approximate surface area is 102 Å². The molecule has 1 radical (unpaired) electrons. The lowest BCUT2D eigenvalue weighted by Crippen LogP contribution is -1.86. The molecule has 53 valence electrons. The van der Waals surface area contributed by atoms with Crippen molar-refractivity contribution in [2.45, 2.75) is 0 Å². The van der Waals surface area contributed by atoms with Crippen molar-refractivity contribution in [3.63, 3.8) is 0 Å². The van der Waals surface area contributed by atoms with Gasteiger partial charge in [-0.1, -0.05) is 0 Å². The lowest BCUT2D eigenvalue weighted by Gasteiger charge is -2.00. The van der Waals surface area contributed by atoms with Crippen LogP contribution in [0.1, 0.15) is 5.56 Å². The summed E-state index contributed by atoms with van der Waals surface area (Å²) in [6.07, 6.45) is 0. The molecule has 0 aliphatic rings. The third-order valence-corrected chi connectivity index (χ3v) is 5.97. The molecule has 0 aliphatic carbocycles. The van der Waals surface area contributed by atoms with E-state index in [4.69, 9.17) is 0 Å². The van der Waals surface area contributed by atoms with Crippen LogP contribution in [0.15, 0.2) is 12.1 Å². The fourth-order valence-electron chi connectivity index (χ4n) is 0.608. The van der Waals surface area contributed by atoms with E-state index >= 15 is 0 Å². The van der Waals surface area contributed by atoms with Gasteiger partial charge in [-0.25, -0.2) is 0 Å². The minimum atomic E-state index is 1.09. The fourth-order valence-corrected chi connectivity index (χ4v) is 2.82. The van der Waals surface area contributed by atoms with Crippen LogP contribution in [0.25, 0.3) is 0 Å². The molecule has 0 fully saturated rings. The molecule has 0 amide bonds. The van der Waals surface area contributed by atoms with E-state index in [0.717, 1.165) is 5.56 Å². The number of hydrogen-bond acceptors (Lipinski definition) is 0. The van der Waals surface area contributed by atoms with E-state index < -0.39 is 0 Å². The Kier molecular flexibility index (Phi) is 3.69. The van der Waals surface area contributed by atoms with Crippen molar-refractivity contribution in [2.24, 2.45) is 0 Å². The largest absolute Gasteiger partial charge is 0.0455 e. The molecule has 1 aromatic carbocycles. The van der Waals surface area contributed by atoms with Crippen LogP contribution in [0, 0.1) is 17.6 Å². The van der Waals surface area contributed by atoms with Crippen LogP contribution in [0.3, 0.4) is 0 Å². The van der Waals surface area contributed by atoms with Crippen LogP contribution in [-0.2, 0) is 0 Å². The summed E-state index contributed by atoms with van der Waals surface area (Å²) < 4.78 is 3.90. The van der Waals surface area contributed by atoms with Gasteiger partial charge in [0.25, 0.3) is 0 Å². The second kappa shape index (κ2) is 3.88. The van der Waals surface area contributed by atoms with Gasteiger partial charge >= 0.3 is 0 Å². The Morgan fingerprint density at radius 1 is 1.00 bits per heavy atom. The van der Waals surface area contributed by atoms with Crippen molar-refractivity contribution in [3.05, 3.63) is 35.3 Å². The molecule has 0 spiro atoms. The van der Waals surface area contributed by atoms with Crippen LogP contribution in [0.5, 0.6) is 0 Å². The highest BCUT2D eigenvalue weighted by molar-refractivity contribution is 14.1. The molecule has 0 heterocycles. The van der Waals surface area contributed by atoms with E-state index in [9.17, 15) is 0 Å². The second-order valence-corrected chi connectivity index (χ2v) is 5.28. The first kappa shape index (κ1) is 9.50. The first-order valence-corrected chi connectivity index (χ1v) is 5.81. The lowest BCUT2D eigenvalue weighted by atomic mass is 10.2. The summed E-state index contributed by atoms with van der Waals surface area (Å²) in [5.74, 6) is 0. The average Bonchev–Trinajstić information content (AvgIpc) is 1.82. The Balaban J connectivity index is 3.31. The van der Waals surface area contributed by atoms with Crippen molar-refractivity contribution in [3.8, 4) is 0 Å². The SMILES string of the molecule is [CH2]c1cc(I)c(I)c(I)c1. The lowest BCUT2D eigenvalue weighted by molar-refractivity contribution is 1.48. The summed E-state index contributed by atoms with van der Waals surface area (Å²) in [6, 6.07) is 4.18. The van der Waals surface area contributed by atoms with Gasteiger partial charge in [-0.3, -0.25) is 0 Å². The van der Waals surface area contributed by atoms with Gasteiger partial charge < -0.3 is 0 Å². The highest BCUT2D eigenvalue weighted by Gasteiger charge is 2.00. The Bertz CT molecular complexity index is 232. The van der Waals surface area contributed by atoms with E-state index in [1.165, 1.54) is 10.7 Å². The zero-order chi connectivity index (χ0) is 7.72. The first-order chi connectivity index (χ1) is 4.61. The van der Waals surface area contributed by atoms with Crippen LogP contribution in [-0.4, -0.2) is 0 Å². The summed E-state index contributed by atoms with van der Waals surface area (Å²) in [4.78, 5) is 0. The number of rotatable bonds is 0. The highest BCUT2D eigenvalue weighted by Crippen LogP contribution is 2.22. The Morgan fingerprint density at radius 2 is 1.40 bits per heavy atom. The minimum absolute atomic E-state index is 1.09. The molecule has 0 saturated carbocycles. The molecule has 1 rings (SSSR count). The third kappa shape index (κ3) is 2.20. The summed E-state index contributed by atoms with van der Waals surface area (Å²) in [7, 11) is 0. The van der Waals surface area contributed by atoms with E-state index in [1.807, 2.05) is 0 Å². The molecule has 0 atom stereocenters. The summed E-state index contributed by atoms with van der Waals surface area (Å²) in [6.45, 7) is 3.87. The Hall–Kier alpha value is 1.41. The van der Waals surface area contributed by atoms with Gasteiger partial charge in [0.1, 0.15) is 0 Å². The molecule has 10 heavy (non-hydrogen) atoms. The second-order valence-electron chi connectivity index (χ2n) is 1.87. The predicted molar refractivity (Wildman–Crippen MR) is 69.1 cm³/mol. The van der Waals surface area contributed by atoms with Crippen LogP contribution < -0.4 is 0 Å². The van der Waals surface area contributed by atoms with Gasteiger partial charge in [-0.15, -0.1) is 0 Å². The number of hydrogen-bond donors (Lipinski definition) is 0. The molecule has 0 N–H and O–H groups in total. The average molecular weight is 469 g/mol. The number of benzene rings is 1. The quantitative estimate of drug-likeness (QED) is 0.402. The maximum absolute atomic E-state index is 3.87. The fraction of sp³-hybridized carbons (Fsp3) is 0. The first-order valence-electron chi connectivity index (χ1n) is 2.58. The minimum Gasteiger partial charge on any atom is -0.0455 e. The van der Waals surface area contributed by atoms with Gasteiger partial charge in [0.15, 0.2) is 0 Å². The molecule has 0 bridgehead atoms. The van der Waals surface area contributed by atoms with Crippen molar-refractivity contribution in [1.82, 2.24) is 0 Å². The van der Waals surface area contributed by atoms with Gasteiger partial charge in [0.2, 0.25) is 0 Å². The molecule has 1 aromatic rings. The van der Waals surface area contributed by atoms with E-state index in [2.05, 4.69) is 86.8 Å². The molecule has 0 nitrogen and oxygen atoms in total. The number of halogens is 3. The smallest absolute Gasteiger partial charge is 0.0397 e. The van der Waals surface area contributed by atoms with Crippen LogP contribution in [0.4, 0.5) is 0 Å². The maximum atomic E-state index is 3.87. The highest BCUT2D eigenvalue weighted by atomic mass is 127. The van der Waals surface area contributed by atoms with Crippen molar-refractivity contribution >= 4 is 67.8 Å². The third-order valence-electron chi connectivity index (χ3n) is 1.04. The topological polar surface area (TPSA) is 0 Å². The van der Waals surface area contributed by atoms with Crippen LogP contribution in [0.2, 0.25) is 0 Å². The molecule has 0 unspecified atom stereocenters. The van der Waals surface area contributed by atoms with E-state index in [0.29, 0.717) is 0 Å². The van der Waals surface area contributed by atoms with E-state index in [-0.39, 0.29) is 0 Å². The zero-order valence-electron chi connectivity index (χ0n) is 5.00. The normalized spacial score (nSPS) is 10.0. The summed E-state index contributed by atoms with van der Waals surface area (Å²) in [5, 5.41) is 0. The van der Waals surface area contributed by atoms with Crippen LogP contribution >= 0.6 is 67.8 Å². The molecular weight excluding hydrogens is 465 g/mol. The maximum Gasteiger partial charge on any atom is 0.0397 e. The predicted octanol–water partition coefficient (Wildman–Crippen LogP) is 3.68.